The van der Waals surface area contributed by atoms with Gasteiger partial charge in [-0.25, -0.2) is 0 Å². The van der Waals surface area contributed by atoms with Crippen LogP contribution in [0.15, 0.2) is 71.3 Å². The number of nitrogens with one attached hydrogen (secondary N) is 2. The highest BCUT2D eigenvalue weighted by molar-refractivity contribution is 6.04. The number of amides is 2. The summed E-state index contributed by atoms with van der Waals surface area (Å²) in [7, 11) is 0. The van der Waals surface area contributed by atoms with Crippen molar-refractivity contribution in [1.82, 2.24) is 5.32 Å². The molecular weight excluding hydrogens is 344 g/mol. The molecule has 1 aromatic heterocycles. The zero-order valence-corrected chi connectivity index (χ0v) is 14.9. The van der Waals surface area contributed by atoms with Crippen molar-refractivity contribution in [3.05, 3.63) is 83.8 Å². The summed E-state index contributed by atoms with van der Waals surface area (Å²) in [5.74, 6) is 0.289. The number of anilines is 1. The summed E-state index contributed by atoms with van der Waals surface area (Å²) in [4.78, 5) is 24.5. The van der Waals surface area contributed by atoms with Crippen molar-refractivity contribution in [2.45, 2.75) is 13.5 Å². The molecule has 3 rings (SSSR count). The lowest BCUT2D eigenvalue weighted by Gasteiger charge is -2.08. The summed E-state index contributed by atoms with van der Waals surface area (Å²) in [6.45, 7) is 2.59. The third-order valence-corrected chi connectivity index (χ3v) is 3.81. The second kappa shape index (κ2) is 8.71. The van der Waals surface area contributed by atoms with E-state index in [9.17, 15) is 9.59 Å². The first-order valence-electron chi connectivity index (χ1n) is 8.61. The Morgan fingerprint density at radius 3 is 2.59 bits per heavy atom. The first kappa shape index (κ1) is 18.3. The van der Waals surface area contributed by atoms with Gasteiger partial charge >= 0.3 is 0 Å². The zero-order chi connectivity index (χ0) is 19.1. The van der Waals surface area contributed by atoms with E-state index in [0.717, 1.165) is 0 Å². The largest absolute Gasteiger partial charge is 0.489 e. The van der Waals surface area contributed by atoms with E-state index in [4.69, 9.17) is 9.15 Å². The maximum absolute atomic E-state index is 12.6. The number of carbonyl (C=O) groups is 2. The lowest BCUT2D eigenvalue weighted by atomic mass is 10.2. The normalized spacial score (nSPS) is 10.3. The molecule has 0 fully saturated rings. The Morgan fingerprint density at radius 1 is 1.00 bits per heavy atom. The number of benzene rings is 2. The quantitative estimate of drug-likeness (QED) is 0.667. The lowest BCUT2D eigenvalue weighted by molar-refractivity contribution is 0.0953. The molecule has 27 heavy (non-hydrogen) atoms. The molecule has 0 aliphatic heterocycles. The van der Waals surface area contributed by atoms with Crippen LogP contribution in [-0.2, 0) is 6.61 Å². The Morgan fingerprint density at radius 2 is 1.81 bits per heavy atom. The van der Waals surface area contributed by atoms with E-state index in [2.05, 4.69) is 10.6 Å². The van der Waals surface area contributed by atoms with Gasteiger partial charge in [0.05, 0.1) is 6.26 Å². The van der Waals surface area contributed by atoms with Crippen molar-refractivity contribution in [3.8, 4) is 5.75 Å². The van der Waals surface area contributed by atoms with Gasteiger partial charge in [-0.2, -0.15) is 0 Å². The van der Waals surface area contributed by atoms with E-state index in [-0.39, 0.29) is 18.3 Å². The molecule has 2 amide bonds. The molecule has 1 heterocycles. The van der Waals surface area contributed by atoms with E-state index in [1.165, 1.54) is 6.26 Å². The Labute approximate surface area is 157 Å². The van der Waals surface area contributed by atoms with Crippen LogP contribution in [0.5, 0.6) is 5.75 Å². The molecule has 0 atom stereocenters. The molecule has 0 saturated carbocycles. The minimum absolute atomic E-state index is 0.175. The van der Waals surface area contributed by atoms with Gasteiger partial charge in [0.1, 0.15) is 12.4 Å². The second-order valence-corrected chi connectivity index (χ2v) is 5.77. The summed E-state index contributed by atoms with van der Waals surface area (Å²) < 4.78 is 11.0. The molecule has 0 unspecified atom stereocenters. The molecule has 138 valence electrons. The molecule has 0 aliphatic carbocycles. The van der Waals surface area contributed by atoms with Gasteiger partial charge in [-0.3, -0.25) is 9.59 Å². The highest BCUT2D eigenvalue weighted by Gasteiger charge is 2.17. The molecule has 3 aromatic rings. The molecule has 0 radical (unpaired) electrons. The van der Waals surface area contributed by atoms with Crippen LogP contribution in [0.3, 0.4) is 0 Å². The highest BCUT2D eigenvalue weighted by Crippen LogP contribution is 2.18. The van der Waals surface area contributed by atoms with Gasteiger partial charge in [0.15, 0.2) is 5.76 Å². The van der Waals surface area contributed by atoms with Crippen LogP contribution < -0.4 is 15.4 Å². The van der Waals surface area contributed by atoms with E-state index in [1.807, 2.05) is 37.3 Å². The third kappa shape index (κ3) is 4.76. The predicted molar refractivity (Wildman–Crippen MR) is 102 cm³/mol. The topological polar surface area (TPSA) is 80.6 Å². The molecule has 0 bridgehead atoms. The fraction of sp³-hybridized carbons (Fsp3) is 0.143. The Bertz CT molecular complexity index is 919. The fourth-order valence-corrected chi connectivity index (χ4v) is 2.52. The van der Waals surface area contributed by atoms with Crippen LogP contribution in [0.25, 0.3) is 0 Å². The molecule has 2 N–H and O–H groups in total. The molecule has 6 heteroatoms. The minimum atomic E-state index is -0.403. The number of hydrogen-bond acceptors (Lipinski definition) is 4. The molecule has 0 saturated heterocycles. The number of carbonyl (C=O) groups excluding carboxylic acids is 2. The predicted octanol–water partition coefficient (Wildman–Crippen LogP) is 3.86. The maximum atomic E-state index is 12.6. The standard InChI is InChI=1S/C21H20N2O4/c1-2-22-20(24)15-7-6-8-17(13-15)23-21(25)19-16(11-12-26-19)14-27-18-9-4-3-5-10-18/h3-13H,2,14H2,1H3,(H,22,24)(H,23,25). The molecule has 6 nitrogen and oxygen atoms in total. The fourth-order valence-electron chi connectivity index (χ4n) is 2.52. The molecular formula is C21H20N2O4. The lowest BCUT2D eigenvalue weighted by Crippen LogP contribution is -2.22. The van der Waals surface area contributed by atoms with Crippen LogP contribution in [0.1, 0.15) is 33.4 Å². The number of hydrogen-bond donors (Lipinski definition) is 2. The average Bonchev–Trinajstić information content (AvgIpc) is 3.16. The van der Waals surface area contributed by atoms with Crippen molar-refractivity contribution in [1.29, 1.82) is 0 Å². The average molecular weight is 364 g/mol. The third-order valence-electron chi connectivity index (χ3n) is 3.81. The smallest absolute Gasteiger partial charge is 0.291 e. The van der Waals surface area contributed by atoms with E-state index in [0.29, 0.717) is 29.1 Å². The van der Waals surface area contributed by atoms with Crippen LogP contribution >= 0.6 is 0 Å². The van der Waals surface area contributed by atoms with E-state index in [1.54, 1.807) is 30.3 Å². The maximum Gasteiger partial charge on any atom is 0.291 e. The van der Waals surface area contributed by atoms with Gasteiger partial charge in [-0.1, -0.05) is 24.3 Å². The number of ether oxygens (including phenoxy) is 1. The zero-order valence-electron chi connectivity index (χ0n) is 14.9. The van der Waals surface area contributed by atoms with Crippen LogP contribution in [0, 0.1) is 0 Å². The first-order valence-corrected chi connectivity index (χ1v) is 8.61. The van der Waals surface area contributed by atoms with Crippen LogP contribution in [0.4, 0.5) is 5.69 Å². The summed E-state index contributed by atoms with van der Waals surface area (Å²) in [5.41, 5.74) is 1.62. The highest BCUT2D eigenvalue weighted by atomic mass is 16.5. The van der Waals surface area contributed by atoms with Crippen molar-refractivity contribution in [2.75, 3.05) is 11.9 Å². The SMILES string of the molecule is CCNC(=O)c1cccc(NC(=O)c2occc2COc2ccccc2)c1. The van der Waals surface area contributed by atoms with Crippen molar-refractivity contribution in [3.63, 3.8) is 0 Å². The first-order chi connectivity index (χ1) is 13.2. The van der Waals surface area contributed by atoms with E-state index < -0.39 is 5.91 Å². The second-order valence-electron chi connectivity index (χ2n) is 5.77. The van der Waals surface area contributed by atoms with Crippen LogP contribution in [-0.4, -0.2) is 18.4 Å². The molecule has 2 aromatic carbocycles. The Kier molecular flexibility index (Phi) is 5.89. The van der Waals surface area contributed by atoms with Crippen molar-refractivity contribution >= 4 is 17.5 Å². The van der Waals surface area contributed by atoms with E-state index >= 15 is 0 Å². The van der Waals surface area contributed by atoms with Gasteiger partial charge in [0, 0.05) is 23.4 Å². The van der Waals surface area contributed by atoms with Gasteiger partial charge < -0.3 is 19.8 Å². The molecule has 0 aliphatic rings. The van der Waals surface area contributed by atoms with Gasteiger partial charge in [-0.15, -0.1) is 0 Å². The van der Waals surface area contributed by atoms with Crippen LogP contribution in [0.2, 0.25) is 0 Å². The monoisotopic (exact) mass is 364 g/mol. The van der Waals surface area contributed by atoms with Gasteiger partial charge in [0.2, 0.25) is 0 Å². The molecule has 0 spiro atoms. The van der Waals surface area contributed by atoms with Crippen molar-refractivity contribution < 1.29 is 18.7 Å². The number of para-hydroxylation sites is 1. The number of rotatable bonds is 7. The minimum Gasteiger partial charge on any atom is -0.489 e. The Hall–Kier alpha value is -3.54. The summed E-state index contributed by atoms with van der Waals surface area (Å²) >= 11 is 0. The van der Waals surface area contributed by atoms with Crippen molar-refractivity contribution in [2.24, 2.45) is 0 Å². The van der Waals surface area contributed by atoms with Gasteiger partial charge in [-0.05, 0) is 43.3 Å². The summed E-state index contributed by atoms with van der Waals surface area (Å²) in [6.07, 6.45) is 1.45. The Balaban J connectivity index is 1.68. The summed E-state index contributed by atoms with van der Waals surface area (Å²) in [5, 5.41) is 5.48. The van der Waals surface area contributed by atoms with Gasteiger partial charge in [0.25, 0.3) is 11.8 Å². The summed E-state index contributed by atoms with van der Waals surface area (Å²) in [6, 6.07) is 17.8. The number of furan rings is 1.